The van der Waals surface area contributed by atoms with Gasteiger partial charge in [-0.05, 0) is 31.2 Å². The van der Waals surface area contributed by atoms with Crippen LogP contribution in [-0.2, 0) is 0 Å². The lowest BCUT2D eigenvalue weighted by Crippen LogP contribution is -2.38. The second-order valence-electron chi connectivity index (χ2n) is 4.35. The van der Waals surface area contributed by atoms with E-state index in [1.54, 1.807) is 24.3 Å². The van der Waals surface area contributed by atoms with Crippen molar-refractivity contribution >= 4 is 23.5 Å². The van der Waals surface area contributed by atoms with Crippen LogP contribution in [0.5, 0.6) is 0 Å². The van der Waals surface area contributed by atoms with Crippen LogP contribution in [0.3, 0.4) is 0 Å². The Morgan fingerprint density at radius 2 is 1.90 bits per heavy atom. The highest BCUT2D eigenvalue weighted by atomic mass is 35.5. The Balaban J connectivity index is 2.27. The Morgan fingerprint density at radius 1 is 1.30 bits per heavy atom. The zero-order valence-corrected chi connectivity index (χ0v) is 12.2. The highest BCUT2D eigenvalue weighted by molar-refractivity contribution is 6.30. The SMILES string of the molecule is C=C(C)CN=C(N)NCCNC(=O)c1ccc(Cl)cc1. The third-order valence-corrected chi connectivity index (χ3v) is 2.59. The second-order valence-corrected chi connectivity index (χ2v) is 4.78. The molecule has 0 saturated heterocycles. The highest BCUT2D eigenvalue weighted by Crippen LogP contribution is 2.08. The molecular formula is C14H19ClN4O. The first kappa shape index (κ1) is 16.0. The molecule has 0 bridgehead atoms. The number of amides is 1. The molecule has 0 saturated carbocycles. The van der Waals surface area contributed by atoms with Gasteiger partial charge < -0.3 is 16.4 Å². The van der Waals surface area contributed by atoms with Crippen LogP contribution in [0, 0.1) is 0 Å². The summed E-state index contributed by atoms with van der Waals surface area (Å²) in [4.78, 5) is 15.8. The van der Waals surface area contributed by atoms with Crippen molar-refractivity contribution in [2.75, 3.05) is 19.6 Å². The molecule has 0 aliphatic heterocycles. The lowest BCUT2D eigenvalue weighted by molar-refractivity contribution is 0.0954. The molecule has 0 fully saturated rings. The van der Waals surface area contributed by atoms with Crippen LogP contribution in [0.15, 0.2) is 41.4 Å². The number of nitrogens with two attached hydrogens (primary N) is 1. The number of benzene rings is 1. The van der Waals surface area contributed by atoms with Crippen LogP contribution in [-0.4, -0.2) is 31.5 Å². The monoisotopic (exact) mass is 294 g/mol. The lowest BCUT2D eigenvalue weighted by atomic mass is 10.2. The Hall–Kier alpha value is -2.01. The summed E-state index contributed by atoms with van der Waals surface area (Å²) in [6, 6.07) is 6.70. The first-order valence-electron chi connectivity index (χ1n) is 6.21. The topological polar surface area (TPSA) is 79.5 Å². The molecule has 0 radical (unpaired) electrons. The van der Waals surface area contributed by atoms with Gasteiger partial charge >= 0.3 is 0 Å². The fraction of sp³-hybridized carbons (Fsp3) is 0.286. The van der Waals surface area contributed by atoms with Crippen molar-refractivity contribution < 1.29 is 4.79 Å². The van der Waals surface area contributed by atoms with Crippen LogP contribution in [0.2, 0.25) is 5.02 Å². The van der Waals surface area contributed by atoms with Gasteiger partial charge in [-0.2, -0.15) is 0 Å². The summed E-state index contributed by atoms with van der Waals surface area (Å²) < 4.78 is 0. The number of nitrogens with one attached hydrogen (secondary N) is 2. The molecule has 0 unspecified atom stereocenters. The normalized spacial score (nSPS) is 11.0. The average Bonchev–Trinajstić information content (AvgIpc) is 2.42. The molecule has 20 heavy (non-hydrogen) atoms. The number of halogens is 1. The van der Waals surface area contributed by atoms with Crippen LogP contribution < -0.4 is 16.4 Å². The van der Waals surface area contributed by atoms with E-state index < -0.39 is 0 Å². The van der Waals surface area contributed by atoms with E-state index in [1.807, 2.05) is 6.92 Å². The Morgan fingerprint density at radius 3 is 2.50 bits per heavy atom. The Kier molecular flexibility index (Phi) is 6.59. The number of carbonyl (C=O) groups excluding carboxylic acids is 1. The maximum atomic E-state index is 11.8. The van der Waals surface area contributed by atoms with Gasteiger partial charge in [-0.25, -0.2) is 4.99 Å². The highest BCUT2D eigenvalue weighted by Gasteiger charge is 2.03. The van der Waals surface area contributed by atoms with Gasteiger partial charge in [0.05, 0.1) is 6.54 Å². The first-order chi connectivity index (χ1) is 9.49. The quantitative estimate of drug-likeness (QED) is 0.322. The van der Waals surface area contributed by atoms with Gasteiger partial charge in [-0.1, -0.05) is 23.8 Å². The largest absolute Gasteiger partial charge is 0.370 e. The fourth-order valence-corrected chi connectivity index (χ4v) is 1.47. The molecular weight excluding hydrogens is 276 g/mol. The molecule has 1 amide bonds. The molecule has 1 aromatic rings. The van der Waals surface area contributed by atoms with Gasteiger partial charge in [0.15, 0.2) is 5.96 Å². The van der Waals surface area contributed by atoms with Gasteiger partial charge in [0, 0.05) is 23.7 Å². The molecule has 0 heterocycles. The van der Waals surface area contributed by atoms with Crippen molar-refractivity contribution in [2.45, 2.75) is 6.92 Å². The first-order valence-corrected chi connectivity index (χ1v) is 6.59. The van der Waals surface area contributed by atoms with Gasteiger partial charge in [0.1, 0.15) is 0 Å². The number of rotatable bonds is 6. The minimum atomic E-state index is -0.152. The number of aliphatic imine (C=N–C) groups is 1. The van der Waals surface area contributed by atoms with E-state index in [4.69, 9.17) is 17.3 Å². The molecule has 6 heteroatoms. The number of carbonyl (C=O) groups is 1. The Labute approximate surface area is 123 Å². The third-order valence-electron chi connectivity index (χ3n) is 2.34. The molecule has 0 aromatic heterocycles. The fourth-order valence-electron chi connectivity index (χ4n) is 1.35. The minimum absolute atomic E-state index is 0.152. The molecule has 0 aliphatic carbocycles. The molecule has 5 nitrogen and oxygen atoms in total. The van der Waals surface area contributed by atoms with Crippen molar-refractivity contribution in [2.24, 2.45) is 10.7 Å². The molecule has 1 rings (SSSR count). The number of nitrogens with zero attached hydrogens (tertiary/aromatic N) is 1. The van der Waals surface area contributed by atoms with E-state index >= 15 is 0 Å². The summed E-state index contributed by atoms with van der Waals surface area (Å²) in [5, 5.41) is 6.27. The Bertz CT molecular complexity index is 496. The molecule has 1 aromatic carbocycles. The van der Waals surface area contributed by atoms with Crippen molar-refractivity contribution in [3.05, 3.63) is 47.0 Å². The minimum Gasteiger partial charge on any atom is -0.370 e. The van der Waals surface area contributed by atoms with Gasteiger partial charge in [-0.3, -0.25) is 4.79 Å². The van der Waals surface area contributed by atoms with E-state index in [0.717, 1.165) is 5.57 Å². The zero-order valence-electron chi connectivity index (χ0n) is 11.4. The molecule has 4 N–H and O–H groups in total. The van der Waals surface area contributed by atoms with Gasteiger partial charge in [0.25, 0.3) is 5.91 Å². The smallest absolute Gasteiger partial charge is 0.251 e. The summed E-state index contributed by atoms with van der Waals surface area (Å²) in [5.41, 5.74) is 7.14. The van der Waals surface area contributed by atoms with E-state index in [2.05, 4.69) is 22.2 Å². The maximum absolute atomic E-state index is 11.8. The summed E-state index contributed by atoms with van der Waals surface area (Å²) in [6.07, 6.45) is 0. The zero-order chi connectivity index (χ0) is 15.0. The van der Waals surface area contributed by atoms with Crippen molar-refractivity contribution in [3.8, 4) is 0 Å². The summed E-state index contributed by atoms with van der Waals surface area (Å²) in [6.45, 7) is 7.06. The molecule has 0 spiro atoms. The number of guanidine groups is 1. The number of hydrogen-bond acceptors (Lipinski definition) is 2. The van der Waals surface area contributed by atoms with Crippen molar-refractivity contribution in [1.29, 1.82) is 0 Å². The van der Waals surface area contributed by atoms with Crippen LogP contribution in [0.1, 0.15) is 17.3 Å². The van der Waals surface area contributed by atoms with E-state index in [1.165, 1.54) is 0 Å². The van der Waals surface area contributed by atoms with E-state index in [-0.39, 0.29) is 5.91 Å². The van der Waals surface area contributed by atoms with Crippen LogP contribution in [0.25, 0.3) is 0 Å². The van der Waals surface area contributed by atoms with Crippen LogP contribution >= 0.6 is 11.6 Å². The molecule has 108 valence electrons. The van der Waals surface area contributed by atoms with Gasteiger partial charge in [0.2, 0.25) is 0 Å². The molecule has 0 aliphatic rings. The van der Waals surface area contributed by atoms with E-state index in [0.29, 0.717) is 36.2 Å². The molecule has 0 atom stereocenters. The second kappa shape index (κ2) is 8.22. The summed E-state index contributed by atoms with van der Waals surface area (Å²) in [5.74, 6) is 0.189. The van der Waals surface area contributed by atoms with Gasteiger partial charge in [-0.15, -0.1) is 0 Å². The summed E-state index contributed by atoms with van der Waals surface area (Å²) >= 11 is 5.75. The van der Waals surface area contributed by atoms with E-state index in [9.17, 15) is 4.79 Å². The number of hydrogen-bond donors (Lipinski definition) is 3. The average molecular weight is 295 g/mol. The van der Waals surface area contributed by atoms with Crippen LogP contribution in [0.4, 0.5) is 0 Å². The summed E-state index contributed by atoms with van der Waals surface area (Å²) in [7, 11) is 0. The predicted octanol–water partition coefficient (Wildman–Crippen LogP) is 1.55. The van der Waals surface area contributed by atoms with Crippen molar-refractivity contribution in [3.63, 3.8) is 0 Å². The standard InChI is InChI=1S/C14H19ClN4O/c1-10(2)9-19-14(16)18-8-7-17-13(20)11-3-5-12(15)6-4-11/h3-6H,1,7-9H2,2H3,(H,17,20)(H3,16,18,19). The lowest BCUT2D eigenvalue weighted by Gasteiger charge is -2.07. The third kappa shape index (κ3) is 6.24. The predicted molar refractivity (Wildman–Crippen MR) is 83.1 cm³/mol. The maximum Gasteiger partial charge on any atom is 0.251 e. The van der Waals surface area contributed by atoms with Crippen molar-refractivity contribution in [1.82, 2.24) is 10.6 Å².